The predicted molar refractivity (Wildman–Crippen MR) is 75.0 cm³/mol. The molecule has 1 aliphatic heterocycles. The van der Waals surface area contributed by atoms with E-state index >= 15 is 0 Å². The Kier molecular flexibility index (Phi) is 5.06. The topological polar surface area (TPSA) is 79.5 Å². The van der Waals surface area contributed by atoms with Crippen molar-refractivity contribution < 1.29 is 9.59 Å². The molecule has 1 aliphatic rings. The van der Waals surface area contributed by atoms with Gasteiger partial charge in [0.15, 0.2) is 0 Å². The maximum atomic E-state index is 12.2. The van der Waals surface area contributed by atoms with Gasteiger partial charge in [-0.15, -0.1) is 0 Å². The summed E-state index contributed by atoms with van der Waals surface area (Å²) in [6.45, 7) is 2.86. The minimum absolute atomic E-state index is 0.0212. The van der Waals surface area contributed by atoms with Gasteiger partial charge in [-0.1, -0.05) is 0 Å². The Balaban J connectivity index is 1.85. The maximum Gasteiger partial charge on any atom is 0.255 e. The molecule has 0 saturated carbocycles. The van der Waals surface area contributed by atoms with Gasteiger partial charge in [0.25, 0.3) is 5.91 Å². The number of rotatable bonds is 4. The van der Waals surface area contributed by atoms with Crippen LogP contribution in [0.25, 0.3) is 0 Å². The molecule has 6 heteroatoms. The van der Waals surface area contributed by atoms with Crippen molar-refractivity contribution >= 4 is 11.8 Å². The molecule has 1 saturated heterocycles. The van der Waals surface area contributed by atoms with Crippen LogP contribution >= 0.6 is 0 Å². The standard InChI is InChI=1S/C14H20N4O2/c15-5-1-4-13(19)17-7-9-18(10-8-17)14(20)12-3-2-6-16-11-12/h2-3,6,11H,1,4-5,7-10,15H2. The van der Waals surface area contributed by atoms with E-state index in [2.05, 4.69) is 4.98 Å². The van der Waals surface area contributed by atoms with Gasteiger partial charge in [0.05, 0.1) is 5.56 Å². The van der Waals surface area contributed by atoms with Crippen molar-refractivity contribution in [2.24, 2.45) is 5.73 Å². The number of nitrogens with two attached hydrogens (primary N) is 1. The lowest BCUT2D eigenvalue weighted by atomic mass is 10.2. The van der Waals surface area contributed by atoms with Gasteiger partial charge in [-0.2, -0.15) is 0 Å². The van der Waals surface area contributed by atoms with Crippen LogP contribution in [-0.4, -0.2) is 59.3 Å². The predicted octanol–water partition coefficient (Wildman–Crippen LogP) is 0.105. The molecule has 0 aliphatic carbocycles. The molecule has 0 unspecified atom stereocenters. The Morgan fingerprint density at radius 1 is 1.20 bits per heavy atom. The number of pyridine rings is 1. The van der Waals surface area contributed by atoms with Crippen molar-refractivity contribution in [2.75, 3.05) is 32.7 Å². The highest BCUT2D eigenvalue weighted by Crippen LogP contribution is 2.09. The molecule has 2 heterocycles. The summed E-state index contributed by atoms with van der Waals surface area (Å²) >= 11 is 0. The van der Waals surface area contributed by atoms with E-state index in [1.54, 1.807) is 29.4 Å². The first-order valence-electron chi connectivity index (χ1n) is 6.89. The first kappa shape index (κ1) is 14.5. The van der Waals surface area contributed by atoms with Gasteiger partial charge in [0, 0.05) is 45.0 Å². The van der Waals surface area contributed by atoms with E-state index < -0.39 is 0 Å². The quantitative estimate of drug-likeness (QED) is 0.846. The lowest BCUT2D eigenvalue weighted by Crippen LogP contribution is -2.50. The molecule has 0 radical (unpaired) electrons. The van der Waals surface area contributed by atoms with Crippen molar-refractivity contribution in [1.82, 2.24) is 14.8 Å². The number of nitrogens with zero attached hydrogens (tertiary/aromatic N) is 3. The molecule has 0 spiro atoms. The minimum Gasteiger partial charge on any atom is -0.339 e. The van der Waals surface area contributed by atoms with Crippen LogP contribution in [0.5, 0.6) is 0 Å². The van der Waals surface area contributed by atoms with Crippen LogP contribution in [0.15, 0.2) is 24.5 Å². The Morgan fingerprint density at radius 3 is 2.50 bits per heavy atom. The van der Waals surface area contributed by atoms with E-state index in [1.807, 2.05) is 4.90 Å². The monoisotopic (exact) mass is 276 g/mol. The van der Waals surface area contributed by atoms with E-state index in [1.165, 1.54) is 0 Å². The molecule has 2 amide bonds. The zero-order valence-corrected chi connectivity index (χ0v) is 11.5. The van der Waals surface area contributed by atoms with Crippen LogP contribution in [0.4, 0.5) is 0 Å². The van der Waals surface area contributed by atoms with Crippen molar-refractivity contribution in [3.63, 3.8) is 0 Å². The summed E-state index contributed by atoms with van der Waals surface area (Å²) in [6, 6.07) is 3.51. The van der Waals surface area contributed by atoms with Crippen molar-refractivity contribution in [3.8, 4) is 0 Å². The third kappa shape index (κ3) is 3.54. The number of amides is 2. The van der Waals surface area contributed by atoms with Gasteiger partial charge in [-0.25, -0.2) is 0 Å². The molecule has 0 aromatic carbocycles. The molecular formula is C14H20N4O2. The highest BCUT2D eigenvalue weighted by molar-refractivity contribution is 5.94. The van der Waals surface area contributed by atoms with Crippen molar-refractivity contribution in [3.05, 3.63) is 30.1 Å². The molecule has 1 fully saturated rings. The Morgan fingerprint density at radius 2 is 1.90 bits per heavy atom. The number of carbonyl (C=O) groups excluding carboxylic acids is 2. The first-order chi connectivity index (χ1) is 9.72. The highest BCUT2D eigenvalue weighted by atomic mass is 16.2. The zero-order valence-electron chi connectivity index (χ0n) is 11.5. The fraction of sp³-hybridized carbons (Fsp3) is 0.500. The van der Waals surface area contributed by atoms with Crippen molar-refractivity contribution in [1.29, 1.82) is 0 Å². The molecule has 2 rings (SSSR count). The van der Waals surface area contributed by atoms with Crippen molar-refractivity contribution in [2.45, 2.75) is 12.8 Å². The van der Waals surface area contributed by atoms with Gasteiger partial charge in [-0.05, 0) is 25.1 Å². The zero-order chi connectivity index (χ0) is 14.4. The van der Waals surface area contributed by atoms with Gasteiger partial charge >= 0.3 is 0 Å². The average Bonchev–Trinajstić information content (AvgIpc) is 2.53. The molecule has 2 N–H and O–H groups in total. The Bertz CT molecular complexity index is 456. The largest absolute Gasteiger partial charge is 0.339 e. The van der Waals surface area contributed by atoms with E-state index in [-0.39, 0.29) is 11.8 Å². The van der Waals surface area contributed by atoms with Crippen LogP contribution in [0, 0.1) is 0 Å². The third-order valence-corrected chi connectivity index (χ3v) is 3.42. The van der Waals surface area contributed by atoms with Gasteiger partial charge in [0.1, 0.15) is 0 Å². The average molecular weight is 276 g/mol. The van der Waals surface area contributed by atoms with E-state index in [9.17, 15) is 9.59 Å². The van der Waals surface area contributed by atoms with Gasteiger partial charge < -0.3 is 15.5 Å². The van der Waals surface area contributed by atoms with Crippen LogP contribution in [0.3, 0.4) is 0 Å². The molecule has 0 atom stereocenters. The fourth-order valence-corrected chi connectivity index (χ4v) is 2.24. The van der Waals surface area contributed by atoms with Crippen LogP contribution in [0.1, 0.15) is 23.2 Å². The highest BCUT2D eigenvalue weighted by Gasteiger charge is 2.24. The summed E-state index contributed by atoms with van der Waals surface area (Å²) in [5, 5.41) is 0. The number of piperazine rings is 1. The summed E-state index contributed by atoms with van der Waals surface area (Å²) in [5.41, 5.74) is 6.00. The molecule has 108 valence electrons. The van der Waals surface area contributed by atoms with Crippen LogP contribution in [-0.2, 0) is 4.79 Å². The molecule has 20 heavy (non-hydrogen) atoms. The summed E-state index contributed by atoms with van der Waals surface area (Å²) in [4.78, 5) is 31.6. The Labute approximate surface area is 118 Å². The SMILES string of the molecule is NCCCC(=O)N1CCN(C(=O)c2cccnc2)CC1. The second-order valence-corrected chi connectivity index (χ2v) is 4.81. The number of carbonyl (C=O) groups is 2. The first-order valence-corrected chi connectivity index (χ1v) is 6.89. The molecule has 0 bridgehead atoms. The molecule has 1 aromatic heterocycles. The Hall–Kier alpha value is -1.95. The number of aromatic nitrogens is 1. The van der Waals surface area contributed by atoms with Crippen LogP contribution < -0.4 is 5.73 Å². The minimum atomic E-state index is -0.0212. The van der Waals surface area contributed by atoms with Crippen LogP contribution in [0.2, 0.25) is 0 Å². The number of hydrogen-bond acceptors (Lipinski definition) is 4. The second kappa shape index (κ2) is 7.00. The lowest BCUT2D eigenvalue weighted by molar-refractivity contribution is -0.132. The molecule has 1 aromatic rings. The maximum absolute atomic E-state index is 12.2. The smallest absolute Gasteiger partial charge is 0.255 e. The second-order valence-electron chi connectivity index (χ2n) is 4.81. The summed E-state index contributed by atoms with van der Waals surface area (Å²) in [5.74, 6) is 0.107. The molecular weight excluding hydrogens is 256 g/mol. The van der Waals surface area contributed by atoms with E-state index in [0.717, 1.165) is 0 Å². The summed E-state index contributed by atoms with van der Waals surface area (Å²) < 4.78 is 0. The van der Waals surface area contributed by atoms with E-state index in [0.29, 0.717) is 51.1 Å². The van der Waals surface area contributed by atoms with Gasteiger partial charge in [-0.3, -0.25) is 14.6 Å². The lowest BCUT2D eigenvalue weighted by Gasteiger charge is -2.34. The number of hydrogen-bond donors (Lipinski definition) is 1. The third-order valence-electron chi connectivity index (χ3n) is 3.42. The summed E-state index contributed by atoms with van der Waals surface area (Å²) in [7, 11) is 0. The van der Waals surface area contributed by atoms with Gasteiger partial charge in [0.2, 0.25) is 5.91 Å². The summed E-state index contributed by atoms with van der Waals surface area (Å²) in [6.07, 6.45) is 4.42. The van der Waals surface area contributed by atoms with E-state index in [4.69, 9.17) is 5.73 Å². The molecule has 6 nitrogen and oxygen atoms in total. The normalized spacial score (nSPS) is 15.2. The fourth-order valence-electron chi connectivity index (χ4n) is 2.24.